The quantitative estimate of drug-likeness (QED) is 0.370. The van der Waals surface area contributed by atoms with Crippen molar-refractivity contribution in [3.63, 3.8) is 0 Å². The smallest absolute Gasteiger partial charge is 0.247 e. The second-order valence-corrected chi connectivity index (χ2v) is 9.34. The lowest BCUT2D eigenvalue weighted by atomic mass is 9.90. The second-order valence-electron chi connectivity index (χ2n) is 9.34. The average molecular weight is 469 g/mol. The molecular formula is C27H25FN6O. The first-order valence-corrected chi connectivity index (χ1v) is 11.8. The van der Waals surface area contributed by atoms with Crippen LogP contribution in [-0.2, 0) is 6.54 Å². The highest BCUT2D eigenvalue weighted by Gasteiger charge is 2.30. The summed E-state index contributed by atoms with van der Waals surface area (Å²) in [6.07, 6.45) is 4.47. The van der Waals surface area contributed by atoms with E-state index in [1.807, 2.05) is 42.5 Å². The molecule has 2 atom stereocenters. The molecule has 8 heteroatoms. The van der Waals surface area contributed by atoms with Gasteiger partial charge in [-0.3, -0.25) is 15.0 Å². The monoisotopic (exact) mass is 468 g/mol. The first-order chi connectivity index (χ1) is 17.1. The van der Waals surface area contributed by atoms with Gasteiger partial charge in [-0.2, -0.15) is 5.10 Å². The number of benzene rings is 2. The van der Waals surface area contributed by atoms with E-state index in [1.54, 1.807) is 18.5 Å². The summed E-state index contributed by atoms with van der Waals surface area (Å²) in [5.74, 6) is 1.51. The topological polar surface area (TPSA) is 83.7 Å². The van der Waals surface area contributed by atoms with Gasteiger partial charge in [-0.15, -0.1) is 10.2 Å². The highest BCUT2D eigenvalue weighted by atomic mass is 19.1. The van der Waals surface area contributed by atoms with Crippen molar-refractivity contribution in [2.75, 3.05) is 13.1 Å². The van der Waals surface area contributed by atoms with Crippen molar-refractivity contribution in [2.45, 2.75) is 25.8 Å². The summed E-state index contributed by atoms with van der Waals surface area (Å²) in [6, 6.07) is 16.8. The van der Waals surface area contributed by atoms with E-state index in [4.69, 9.17) is 4.42 Å². The van der Waals surface area contributed by atoms with E-state index in [0.29, 0.717) is 29.8 Å². The summed E-state index contributed by atoms with van der Waals surface area (Å²) in [4.78, 5) is 6.37. The molecule has 1 saturated heterocycles. The summed E-state index contributed by atoms with van der Waals surface area (Å²) in [5.41, 5.74) is 4.34. The van der Waals surface area contributed by atoms with Crippen molar-refractivity contribution < 1.29 is 8.81 Å². The molecule has 1 aliphatic heterocycles. The summed E-state index contributed by atoms with van der Waals surface area (Å²) in [5, 5.41) is 17.3. The van der Waals surface area contributed by atoms with E-state index in [9.17, 15) is 4.39 Å². The maximum atomic E-state index is 14.2. The minimum atomic E-state index is -0.164. The third kappa shape index (κ3) is 4.33. The number of hydrogen-bond acceptors (Lipinski definition) is 6. The number of pyridine rings is 1. The molecule has 176 valence electrons. The normalized spacial score (nSPS) is 18.8. The Hall–Kier alpha value is -3.91. The molecule has 4 heterocycles. The molecule has 5 aromatic rings. The average Bonchev–Trinajstić information content (AvgIpc) is 3.53. The van der Waals surface area contributed by atoms with Crippen LogP contribution in [0.4, 0.5) is 4.39 Å². The lowest BCUT2D eigenvalue weighted by molar-refractivity contribution is 0.144. The Labute approximate surface area is 202 Å². The van der Waals surface area contributed by atoms with Crippen LogP contribution in [-0.4, -0.2) is 43.4 Å². The molecule has 0 aliphatic carbocycles. The van der Waals surface area contributed by atoms with Gasteiger partial charge < -0.3 is 4.42 Å². The molecule has 1 aliphatic rings. The van der Waals surface area contributed by atoms with Crippen LogP contribution in [0.15, 0.2) is 71.4 Å². The highest BCUT2D eigenvalue weighted by molar-refractivity contribution is 5.95. The van der Waals surface area contributed by atoms with E-state index >= 15 is 0 Å². The van der Waals surface area contributed by atoms with Crippen LogP contribution in [0, 0.1) is 11.7 Å². The minimum absolute atomic E-state index is 0.108. The Morgan fingerprint density at radius 2 is 1.89 bits per heavy atom. The molecule has 0 bridgehead atoms. The number of likely N-dealkylation sites (tertiary alicyclic amines) is 1. The Morgan fingerprint density at radius 1 is 1.03 bits per heavy atom. The van der Waals surface area contributed by atoms with Crippen molar-refractivity contribution in [2.24, 2.45) is 5.92 Å². The summed E-state index contributed by atoms with van der Waals surface area (Å²) in [7, 11) is 0. The molecule has 2 aromatic carbocycles. The van der Waals surface area contributed by atoms with Crippen LogP contribution in [0.1, 0.15) is 30.7 Å². The SMILES string of the molecule is C[C@H]1CC(c2nnc(-c3ccc4[nH]nc(-c5ccncc5)c4c3)o2)CN(Cc2ccccc2F)C1. The maximum Gasteiger partial charge on any atom is 0.247 e. The molecule has 35 heavy (non-hydrogen) atoms. The summed E-state index contributed by atoms with van der Waals surface area (Å²) < 4.78 is 20.4. The predicted molar refractivity (Wildman–Crippen MR) is 131 cm³/mol. The number of fused-ring (bicyclic) bond motifs is 1. The Balaban J connectivity index is 1.25. The van der Waals surface area contributed by atoms with Crippen LogP contribution < -0.4 is 0 Å². The number of hydrogen-bond donors (Lipinski definition) is 1. The fraction of sp³-hybridized carbons (Fsp3) is 0.259. The molecule has 0 amide bonds. The van der Waals surface area contributed by atoms with Crippen molar-refractivity contribution in [1.29, 1.82) is 0 Å². The van der Waals surface area contributed by atoms with Gasteiger partial charge >= 0.3 is 0 Å². The van der Waals surface area contributed by atoms with Gasteiger partial charge in [0.15, 0.2) is 0 Å². The summed E-state index contributed by atoms with van der Waals surface area (Å²) in [6.45, 7) is 4.46. The van der Waals surface area contributed by atoms with Gasteiger partial charge in [0, 0.05) is 54.1 Å². The summed E-state index contributed by atoms with van der Waals surface area (Å²) >= 11 is 0. The molecule has 3 aromatic heterocycles. The van der Waals surface area contributed by atoms with Gasteiger partial charge in [0.1, 0.15) is 11.5 Å². The first-order valence-electron chi connectivity index (χ1n) is 11.8. The lowest BCUT2D eigenvalue weighted by Crippen LogP contribution is -2.38. The Kier molecular flexibility index (Phi) is 5.58. The number of nitrogens with zero attached hydrogens (tertiary/aromatic N) is 5. The number of aromatic amines is 1. The molecule has 1 fully saturated rings. The third-order valence-corrected chi connectivity index (χ3v) is 6.64. The van der Waals surface area contributed by atoms with Gasteiger partial charge in [-0.1, -0.05) is 25.1 Å². The van der Waals surface area contributed by atoms with Crippen molar-refractivity contribution in [1.82, 2.24) is 30.3 Å². The molecule has 1 unspecified atom stereocenters. The molecule has 0 spiro atoms. The largest absolute Gasteiger partial charge is 0.420 e. The number of nitrogens with one attached hydrogen (secondary N) is 1. The minimum Gasteiger partial charge on any atom is -0.420 e. The van der Waals surface area contributed by atoms with Gasteiger partial charge in [0.05, 0.1) is 11.4 Å². The van der Waals surface area contributed by atoms with Crippen LogP contribution in [0.2, 0.25) is 0 Å². The van der Waals surface area contributed by atoms with Gasteiger partial charge in [0.2, 0.25) is 11.8 Å². The zero-order chi connectivity index (χ0) is 23.8. The van der Waals surface area contributed by atoms with E-state index < -0.39 is 0 Å². The van der Waals surface area contributed by atoms with E-state index in [-0.39, 0.29) is 11.7 Å². The van der Waals surface area contributed by atoms with Crippen molar-refractivity contribution >= 4 is 10.9 Å². The molecular weight excluding hydrogens is 443 g/mol. The van der Waals surface area contributed by atoms with E-state index in [1.165, 1.54) is 6.07 Å². The van der Waals surface area contributed by atoms with E-state index in [2.05, 4.69) is 37.2 Å². The second kappa shape index (κ2) is 9.03. The zero-order valence-electron chi connectivity index (χ0n) is 19.4. The highest BCUT2D eigenvalue weighted by Crippen LogP contribution is 2.34. The number of halogens is 1. The number of rotatable bonds is 5. The standard InChI is InChI=1S/C27H25FN6O/c1-17-12-21(16-34(14-17)15-20-4-2-3-5-23(20)28)27-33-32-26(35-27)19-6-7-24-22(13-19)25(31-30-24)18-8-10-29-11-9-18/h2-11,13,17,21H,12,14-16H2,1H3,(H,30,31)/t17-,21?/m0/s1. The van der Waals surface area contributed by atoms with Crippen LogP contribution in [0.3, 0.4) is 0 Å². The fourth-order valence-corrected chi connectivity index (χ4v) is 5.03. The van der Waals surface area contributed by atoms with Gasteiger partial charge in [-0.25, -0.2) is 4.39 Å². The van der Waals surface area contributed by atoms with Gasteiger partial charge in [0.25, 0.3) is 0 Å². The Morgan fingerprint density at radius 3 is 2.74 bits per heavy atom. The lowest BCUT2D eigenvalue weighted by Gasteiger charge is -2.35. The van der Waals surface area contributed by atoms with E-state index in [0.717, 1.165) is 47.2 Å². The number of aromatic nitrogens is 5. The zero-order valence-corrected chi connectivity index (χ0v) is 19.4. The van der Waals surface area contributed by atoms with Crippen LogP contribution in [0.25, 0.3) is 33.6 Å². The van der Waals surface area contributed by atoms with Crippen LogP contribution in [0.5, 0.6) is 0 Å². The number of H-pyrrole nitrogens is 1. The first kappa shape index (κ1) is 21.6. The predicted octanol–water partition coefficient (Wildman–Crippen LogP) is 5.44. The van der Waals surface area contributed by atoms with Crippen molar-refractivity contribution in [3.8, 4) is 22.7 Å². The molecule has 0 radical (unpaired) electrons. The van der Waals surface area contributed by atoms with Crippen molar-refractivity contribution in [3.05, 3.63) is 84.3 Å². The Bertz CT molecular complexity index is 1460. The fourth-order valence-electron chi connectivity index (χ4n) is 5.03. The molecule has 6 rings (SSSR count). The molecule has 1 N–H and O–H groups in total. The maximum absolute atomic E-state index is 14.2. The van der Waals surface area contributed by atoms with Gasteiger partial charge in [-0.05, 0) is 48.7 Å². The number of piperidine rings is 1. The third-order valence-electron chi connectivity index (χ3n) is 6.64. The van der Waals surface area contributed by atoms with Crippen LogP contribution >= 0.6 is 0 Å². The molecule has 0 saturated carbocycles. The molecule has 7 nitrogen and oxygen atoms in total.